The van der Waals surface area contributed by atoms with Gasteiger partial charge in [0.05, 0.1) is 11.2 Å². The summed E-state index contributed by atoms with van der Waals surface area (Å²) >= 11 is 1.73. The van der Waals surface area contributed by atoms with Crippen molar-refractivity contribution in [1.29, 1.82) is 0 Å². The fourth-order valence-corrected chi connectivity index (χ4v) is 3.77. The van der Waals surface area contributed by atoms with Crippen LogP contribution in [-0.2, 0) is 6.54 Å². The van der Waals surface area contributed by atoms with Crippen molar-refractivity contribution in [2.75, 3.05) is 13.1 Å². The van der Waals surface area contributed by atoms with Gasteiger partial charge in [-0.3, -0.25) is 14.9 Å². The van der Waals surface area contributed by atoms with Gasteiger partial charge >= 0.3 is 0 Å². The van der Waals surface area contributed by atoms with Gasteiger partial charge < -0.3 is 4.98 Å². The van der Waals surface area contributed by atoms with Gasteiger partial charge in [-0.05, 0) is 25.9 Å². The molecule has 0 unspecified atom stereocenters. The first kappa shape index (κ1) is 14.5. The second-order valence-corrected chi connectivity index (χ2v) is 6.72. The van der Waals surface area contributed by atoms with Crippen LogP contribution in [0.5, 0.6) is 0 Å². The van der Waals surface area contributed by atoms with Crippen LogP contribution in [0.1, 0.15) is 29.3 Å². The van der Waals surface area contributed by atoms with Gasteiger partial charge in [0, 0.05) is 48.3 Å². The molecule has 6 nitrogen and oxygen atoms in total. The molecule has 0 saturated carbocycles. The highest BCUT2D eigenvalue weighted by Gasteiger charge is 2.25. The average molecular weight is 326 g/mol. The highest BCUT2D eigenvalue weighted by Crippen LogP contribution is 2.31. The van der Waals surface area contributed by atoms with Crippen molar-refractivity contribution in [1.82, 2.24) is 29.8 Å². The van der Waals surface area contributed by atoms with E-state index in [4.69, 9.17) is 0 Å². The topological polar surface area (TPSA) is 70.6 Å². The Kier molecular flexibility index (Phi) is 4.12. The molecule has 4 rings (SSSR count). The number of nitrogens with zero attached hydrogens (tertiary/aromatic N) is 5. The lowest BCUT2D eigenvalue weighted by Gasteiger charge is -2.31. The second-order valence-electron chi connectivity index (χ2n) is 5.75. The number of aromatic nitrogens is 5. The van der Waals surface area contributed by atoms with Crippen LogP contribution >= 0.6 is 11.3 Å². The van der Waals surface area contributed by atoms with E-state index in [0.29, 0.717) is 5.92 Å². The Morgan fingerprint density at radius 1 is 1.13 bits per heavy atom. The molecule has 7 heteroatoms. The van der Waals surface area contributed by atoms with Crippen LogP contribution in [0.3, 0.4) is 0 Å². The van der Waals surface area contributed by atoms with Crippen LogP contribution in [0.4, 0.5) is 0 Å². The number of likely N-dealkylation sites (tertiary alicyclic amines) is 1. The molecule has 3 aromatic heterocycles. The van der Waals surface area contributed by atoms with Crippen LogP contribution in [0.2, 0.25) is 0 Å². The molecule has 23 heavy (non-hydrogen) atoms. The molecule has 3 aromatic rings. The summed E-state index contributed by atoms with van der Waals surface area (Å²) in [7, 11) is 0. The van der Waals surface area contributed by atoms with Crippen molar-refractivity contribution < 1.29 is 0 Å². The van der Waals surface area contributed by atoms with Crippen molar-refractivity contribution in [3.05, 3.63) is 47.1 Å². The van der Waals surface area contributed by atoms with E-state index >= 15 is 0 Å². The molecule has 0 spiro atoms. The van der Waals surface area contributed by atoms with Gasteiger partial charge in [-0.2, -0.15) is 0 Å². The molecule has 1 aliphatic rings. The van der Waals surface area contributed by atoms with Gasteiger partial charge in [0.2, 0.25) is 0 Å². The lowest BCUT2D eigenvalue weighted by Crippen LogP contribution is -2.32. The number of hydrogen-bond acceptors (Lipinski definition) is 6. The van der Waals surface area contributed by atoms with Crippen LogP contribution in [-0.4, -0.2) is 42.9 Å². The van der Waals surface area contributed by atoms with E-state index in [1.165, 1.54) is 4.88 Å². The molecule has 0 amide bonds. The zero-order chi connectivity index (χ0) is 15.5. The largest absolute Gasteiger partial charge is 0.343 e. The number of nitrogens with one attached hydrogen (secondary N) is 1. The Bertz CT molecular complexity index is 732. The van der Waals surface area contributed by atoms with E-state index in [-0.39, 0.29) is 0 Å². The molecular weight excluding hydrogens is 308 g/mol. The van der Waals surface area contributed by atoms with E-state index in [1.807, 2.05) is 17.9 Å². The van der Waals surface area contributed by atoms with Crippen molar-refractivity contribution in [3.8, 4) is 11.5 Å². The SMILES string of the molecule is c1c[nH]c(-c2nccnc2C2CCN(Cc3cncs3)CC2)n1. The maximum atomic E-state index is 4.61. The first-order valence-corrected chi connectivity index (χ1v) is 8.68. The minimum Gasteiger partial charge on any atom is -0.343 e. The zero-order valence-electron chi connectivity index (χ0n) is 12.7. The summed E-state index contributed by atoms with van der Waals surface area (Å²) in [6, 6.07) is 0. The van der Waals surface area contributed by atoms with E-state index < -0.39 is 0 Å². The van der Waals surface area contributed by atoms with Crippen molar-refractivity contribution in [3.63, 3.8) is 0 Å². The molecule has 1 saturated heterocycles. The first-order chi connectivity index (χ1) is 11.4. The second kappa shape index (κ2) is 6.55. The lowest BCUT2D eigenvalue weighted by molar-refractivity contribution is 0.205. The summed E-state index contributed by atoms with van der Waals surface area (Å²) in [6.07, 6.45) is 11.3. The summed E-state index contributed by atoms with van der Waals surface area (Å²) in [5.41, 5.74) is 3.86. The summed E-state index contributed by atoms with van der Waals surface area (Å²) in [4.78, 5) is 24.6. The fraction of sp³-hybridized carbons (Fsp3) is 0.375. The third-order valence-electron chi connectivity index (χ3n) is 4.29. The number of hydrogen-bond donors (Lipinski definition) is 1. The van der Waals surface area contributed by atoms with Gasteiger partial charge in [0.25, 0.3) is 0 Å². The Balaban J connectivity index is 1.47. The van der Waals surface area contributed by atoms with Crippen LogP contribution in [0.15, 0.2) is 36.5 Å². The Labute approximate surface area is 138 Å². The third-order valence-corrected chi connectivity index (χ3v) is 5.05. The van der Waals surface area contributed by atoms with Gasteiger partial charge in [-0.25, -0.2) is 9.97 Å². The number of aromatic amines is 1. The number of H-pyrrole nitrogens is 1. The molecular formula is C16H18N6S. The smallest absolute Gasteiger partial charge is 0.157 e. The Hall–Kier alpha value is -2.12. The number of piperidine rings is 1. The van der Waals surface area contributed by atoms with Gasteiger partial charge in [0.1, 0.15) is 5.69 Å². The highest BCUT2D eigenvalue weighted by atomic mass is 32.1. The maximum absolute atomic E-state index is 4.61. The quantitative estimate of drug-likeness (QED) is 0.798. The van der Waals surface area contributed by atoms with Crippen molar-refractivity contribution >= 4 is 11.3 Å². The number of thiazole rings is 1. The molecule has 118 valence electrons. The van der Waals surface area contributed by atoms with Crippen molar-refractivity contribution in [2.45, 2.75) is 25.3 Å². The minimum atomic E-state index is 0.446. The summed E-state index contributed by atoms with van der Waals surface area (Å²) in [6.45, 7) is 3.16. The first-order valence-electron chi connectivity index (χ1n) is 7.80. The predicted molar refractivity (Wildman–Crippen MR) is 89.0 cm³/mol. The van der Waals surface area contributed by atoms with Crippen LogP contribution in [0.25, 0.3) is 11.5 Å². The molecule has 4 heterocycles. The lowest BCUT2D eigenvalue weighted by atomic mass is 9.91. The van der Waals surface area contributed by atoms with Gasteiger partial charge in [-0.1, -0.05) is 0 Å². The van der Waals surface area contributed by atoms with E-state index in [0.717, 1.165) is 49.7 Å². The molecule has 0 atom stereocenters. The molecule has 1 fully saturated rings. The van der Waals surface area contributed by atoms with Gasteiger partial charge in [0.15, 0.2) is 5.82 Å². The van der Waals surface area contributed by atoms with Crippen molar-refractivity contribution in [2.24, 2.45) is 0 Å². The summed E-state index contributed by atoms with van der Waals surface area (Å²) in [5, 5.41) is 0. The van der Waals surface area contributed by atoms with Crippen LogP contribution < -0.4 is 0 Å². The average Bonchev–Trinajstić information content (AvgIpc) is 3.29. The van der Waals surface area contributed by atoms with E-state index in [9.17, 15) is 0 Å². The van der Waals surface area contributed by atoms with Crippen LogP contribution in [0, 0.1) is 0 Å². The van der Waals surface area contributed by atoms with Gasteiger partial charge in [-0.15, -0.1) is 11.3 Å². The fourth-order valence-electron chi connectivity index (χ4n) is 3.13. The Morgan fingerprint density at radius 2 is 2.00 bits per heavy atom. The molecule has 0 aromatic carbocycles. The Morgan fingerprint density at radius 3 is 2.74 bits per heavy atom. The molecule has 1 aliphatic heterocycles. The summed E-state index contributed by atoms with van der Waals surface area (Å²) < 4.78 is 0. The summed E-state index contributed by atoms with van der Waals surface area (Å²) in [5.74, 6) is 1.25. The zero-order valence-corrected chi connectivity index (χ0v) is 13.5. The predicted octanol–water partition coefficient (Wildman–Crippen LogP) is 2.70. The van der Waals surface area contributed by atoms with E-state index in [1.54, 1.807) is 29.9 Å². The number of rotatable bonds is 4. The highest BCUT2D eigenvalue weighted by molar-refractivity contribution is 7.09. The monoisotopic (exact) mass is 326 g/mol. The number of imidazole rings is 1. The molecule has 0 radical (unpaired) electrons. The molecule has 0 bridgehead atoms. The minimum absolute atomic E-state index is 0.446. The normalized spacial score (nSPS) is 16.7. The molecule has 0 aliphatic carbocycles. The standard InChI is InChI=1S/C16H18N6S/c1-7-22(10-13-9-17-11-23-13)8-2-12(1)14-15(19-4-3-18-14)16-20-5-6-21-16/h3-6,9,11-12H,1-2,7-8,10H2,(H,20,21). The molecule has 1 N–H and O–H groups in total. The van der Waals surface area contributed by atoms with E-state index in [2.05, 4.69) is 29.8 Å². The third kappa shape index (κ3) is 3.16. The maximum Gasteiger partial charge on any atom is 0.157 e.